The van der Waals surface area contributed by atoms with Crippen LogP contribution in [0.3, 0.4) is 0 Å². The summed E-state index contributed by atoms with van der Waals surface area (Å²) >= 11 is 0. The van der Waals surface area contributed by atoms with Gasteiger partial charge in [0.15, 0.2) is 0 Å². The molecular weight excluding hydrogens is 462 g/mol. The van der Waals surface area contributed by atoms with Crippen molar-refractivity contribution < 1.29 is 48.4 Å². The Morgan fingerprint density at radius 3 is 2.24 bits per heavy atom. The molecule has 1 heterocycles. The quantitative estimate of drug-likeness (QED) is 0.339. The molecule has 34 heavy (non-hydrogen) atoms. The number of nitrogens with zero attached hydrogens (tertiary/aromatic N) is 2. The van der Waals surface area contributed by atoms with Crippen molar-refractivity contribution >= 4 is 30.9 Å². The number of hydrogen-bond donors (Lipinski definition) is 1. The number of hydrogen-bond acceptors (Lipinski definition) is 5. The van der Waals surface area contributed by atoms with Crippen molar-refractivity contribution in [2.24, 2.45) is 0 Å². The molecule has 1 N–H and O–H groups in total. The van der Waals surface area contributed by atoms with Crippen LogP contribution >= 0.6 is 7.82 Å². The van der Waals surface area contributed by atoms with E-state index in [1.807, 2.05) is 38.1 Å². The first kappa shape index (κ1) is 26.1. The monoisotopic (exact) mass is 484 g/mol. The van der Waals surface area contributed by atoms with Crippen LogP contribution in [0.1, 0.15) is 28.1 Å². The van der Waals surface area contributed by atoms with E-state index in [0.29, 0.717) is 27.9 Å². The number of phosphoric ester groups is 1. The van der Waals surface area contributed by atoms with Crippen LogP contribution in [0.25, 0.3) is 28.7 Å². The topological polar surface area (TPSA) is 104 Å². The van der Waals surface area contributed by atoms with Crippen molar-refractivity contribution in [2.75, 3.05) is 0 Å². The average molecular weight is 484 g/mol. The molecule has 0 saturated carbocycles. The van der Waals surface area contributed by atoms with Gasteiger partial charge >= 0.3 is 37.4 Å². The fourth-order valence-corrected chi connectivity index (χ4v) is 4.33. The van der Waals surface area contributed by atoms with E-state index < -0.39 is 7.82 Å². The summed E-state index contributed by atoms with van der Waals surface area (Å²) in [6, 6.07) is 17.9. The van der Waals surface area contributed by atoms with Gasteiger partial charge in [0.25, 0.3) is 5.56 Å². The second-order valence-corrected chi connectivity index (χ2v) is 8.87. The summed E-state index contributed by atoms with van der Waals surface area (Å²) in [5.74, 6) is 0.384. The van der Waals surface area contributed by atoms with Gasteiger partial charge in [-0.2, -0.15) is 0 Å². The second kappa shape index (κ2) is 10.4. The van der Waals surface area contributed by atoms with E-state index in [9.17, 15) is 19.1 Å². The third-order valence-electron chi connectivity index (χ3n) is 5.33. The Labute approximate surface area is 219 Å². The molecule has 0 fully saturated rings. The first-order valence-electron chi connectivity index (χ1n) is 10.3. The largest absolute Gasteiger partial charge is 1.00 e. The van der Waals surface area contributed by atoms with Gasteiger partial charge in [-0.25, -0.2) is 4.98 Å². The molecule has 0 aliphatic rings. The Kier molecular flexibility index (Phi) is 7.98. The van der Waals surface area contributed by atoms with Gasteiger partial charge in [0.2, 0.25) is 0 Å². The smallest absolute Gasteiger partial charge is 0.746 e. The SMILES string of the molecule is Cc1cccc(/C=C/c2nc3ccccc3c(=O)n2-c2c(C)cccc2C)c1OP(=O)([O-])O.[Na+]. The van der Waals surface area contributed by atoms with Crippen LogP contribution in [0, 0.1) is 20.8 Å². The third-order valence-corrected chi connectivity index (χ3v) is 5.74. The molecule has 0 bridgehead atoms. The van der Waals surface area contributed by atoms with Gasteiger partial charge in [-0.3, -0.25) is 13.9 Å². The van der Waals surface area contributed by atoms with Crippen LogP contribution in [0.4, 0.5) is 0 Å². The number of fused-ring (bicyclic) bond motifs is 1. The van der Waals surface area contributed by atoms with Crippen LogP contribution in [-0.4, -0.2) is 14.4 Å². The van der Waals surface area contributed by atoms with Gasteiger partial charge in [0.1, 0.15) is 11.6 Å². The normalized spacial score (nSPS) is 13.0. The average Bonchev–Trinajstić information content (AvgIpc) is 2.75. The minimum atomic E-state index is -5.00. The summed E-state index contributed by atoms with van der Waals surface area (Å²) in [6.45, 7) is 5.53. The molecule has 9 heteroatoms. The maximum absolute atomic E-state index is 13.5. The molecule has 0 radical (unpaired) electrons. The van der Waals surface area contributed by atoms with Crippen LogP contribution in [-0.2, 0) is 4.57 Å². The Morgan fingerprint density at radius 1 is 0.941 bits per heavy atom. The van der Waals surface area contributed by atoms with Crippen molar-refractivity contribution in [1.29, 1.82) is 0 Å². The fraction of sp³-hybridized carbons (Fsp3) is 0.120. The molecule has 0 aliphatic carbocycles. The summed E-state index contributed by atoms with van der Waals surface area (Å²) in [7, 11) is -5.00. The molecule has 7 nitrogen and oxygen atoms in total. The summed E-state index contributed by atoms with van der Waals surface area (Å²) in [5, 5.41) is 0.490. The maximum Gasteiger partial charge on any atom is 1.00 e. The van der Waals surface area contributed by atoms with Crippen LogP contribution in [0.15, 0.2) is 65.5 Å². The standard InChI is InChI=1S/C25H23N2O5P.Na/c1-16-8-6-9-17(2)23(16)27-22(26-21-13-5-4-12-20(21)25(27)28)15-14-19-11-7-10-18(3)24(19)32-33(29,30)31;/h4-15H,1-3H3,(H2,29,30,31);/q;+1/p-1/b15-14+;. The van der Waals surface area contributed by atoms with Crippen LogP contribution < -0.4 is 44.5 Å². The number of aryl methyl sites for hydroxylation is 3. The van der Waals surface area contributed by atoms with E-state index in [2.05, 4.69) is 0 Å². The molecule has 1 unspecified atom stereocenters. The minimum Gasteiger partial charge on any atom is -0.746 e. The zero-order chi connectivity index (χ0) is 23.8. The molecule has 4 aromatic rings. The van der Waals surface area contributed by atoms with E-state index >= 15 is 0 Å². The first-order chi connectivity index (χ1) is 15.7. The molecule has 0 amide bonds. The van der Waals surface area contributed by atoms with E-state index in [4.69, 9.17) is 9.51 Å². The van der Waals surface area contributed by atoms with Gasteiger partial charge < -0.3 is 14.3 Å². The molecule has 4 rings (SSSR count). The second-order valence-electron chi connectivity index (χ2n) is 7.75. The molecular formula is C25H22N2NaO5P. The van der Waals surface area contributed by atoms with Crippen molar-refractivity contribution in [3.8, 4) is 11.4 Å². The number of phosphoric acid groups is 1. The predicted octanol–water partition coefficient (Wildman–Crippen LogP) is 1.32. The number of para-hydroxylation sites is 3. The summed E-state index contributed by atoms with van der Waals surface area (Å²) in [5.41, 5.74) is 3.84. The molecule has 168 valence electrons. The van der Waals surface area contributed by atoms with E-state index in [0.717, 1.165) is 16.8 Å². The minimum absolute atomic E-state index is 0. The van der Waals surface area contributed by atoms with Crippen molar-refractivity contribution in [3.63, 3.8) is 0 Å². The van der Waals surface area contributed by atoms with Crippen LogP contribution in [0.5, 0.6) is 5.75 Å². The number of benzene rings is 3. The van der Waals surface area contributed by atoms with Gasteiger partial charge in [-0.1, -0.05) is 48.5 Å². The Balaban J connectivity index is 0.00000324. The fourth-order valence-electron chi connectivity index (χ4n) is 3.85. The summed E-state index contributed by atoms with van der Waals surface area (Å²) in [6.07, 6.45) is 3.24. The van der Waals surface area contributed by atoms with Gasteiger partial charge in [-0.15, -0.1) is 0 Å². The predicted molar refractivity (Wildman–Crippen MR) is 127 cm³/mol. The zero-order valence-corrected chi connectivity index (χ0v) is 22.2. The maximum atomic E-state index is 13.5. The van der Waals surface area contributed by atoms with Crippen molar-refractivity contribution in [2.45, 2.75) is 20.8 Å². The van der Waals surface area contributed by atoms with Gasteiger partial charge in [0.05, 0.1) is 16.6 Å². The van der Waals surface area contributed by atoms with Crippen molar-refractivity contribution in [3.05, 3.63) is 99.1 Å². The van der Waals surface area contributed by atoms with E-state index in [-0.39, 0.29) is 40.9 Å². The van der Waals surface area contributed by atoms with E-state index in [1.165, 1.54) is 0 Å². The molecule has 1 aromatic heterocycles. The third kappa shape index (κ3) is 5.41. The summed E-state index contributed by atoms with van der Waals surface area (Å²) < 4.78 is 17.7. The van der Waals surface area contributed by atoms with E-state index in [1.54, 1.807) is 60.0 Å². The number of rotatable bonds is 5. The molecule has 0 spiro atoms. The number of aromatic nitrogens is 2. The Morgan fingerprint density at radius 2 is 1.56 bits per heavy atom. The molecule has 3 aromatic carbocycles. The molecule has 1 atom stereocenters. The van der Waals surface area contributed by atoms with Gasteiger partial charge in [-0.05, 0) is 61.7 Å². The van der Waals surface area contributed by atoms with Gasteiger partial charge in [0, 0.05) is 5.56 Å². The summed E-state index contributed by atoms with van der Waals surface area (Å²) in [4.78, 5) is 38.8. The molecule has 0 aliphatic heterocycles. The Bertz CT molecular complexity index is 1490. The van der Waals surface area contributed by atoms with Crippen LogP contribution in [0.2, 0.25) is 0 Å². The molecule has 0 saturated heterocycles. The Hall–Kier alpha value is -2.51. The zero-order valence-electron chi connectivity index (χ0n) is 19.4. The first-order valence-corrected chi connectivity index (χ1v) is 11.7. The van der Waals surface area contributed by atoms with Crippen molar-refractivity contribution in [1.82, 2.24) is 9.55 Å².